The van der Waals surface area contributed by atoms with Crippen LogP contribution in [0.3, 0.4) is 0 Å². The Balaban J connectivity index is 1.87. The highest BCUT2D eigenvalue weighted by Gasteiger charge is 2.45. The molecule has 1 aromatic carbocycles. The van der Waals surface area contributed by atoms with Crippen molar-refractivity contribution < 1.29 is 22.4 Å². The number of H-pyrrole nitrogens is 1. The number of hydrogen-bond donors (Lipinski definition) is 2. The highest BCUT2D eigenvalue weighted by atomic mass is 35.5. The molecular weight excluding hydrogens is 410 g/mol. The van der Waals surface area contributed by atoms with Gasteiger partial charge in [-0.1, -0.05) is 17.7 Å². The van der Waals surface area contributed by atoms with Gasteiger partial charge in [-0.05, 0) is 24.3 Å². The summed E-state index contributed by atoms with van der Waals surface area (Å²) >= 11 is 6.22. The number of anilines is 2. The van der Waals surface area contributed by atoms with Gasteiger partial charge in [-0.2, -0.15) is 13.2 Å². The molecule has 0 radical (unpaired) electrons. The van der Waals surface area contributed by atoms with Crippen LogP contribution in [0.2, 0.25) is 5.02 Å². The van der Waals surface area contributed by atoms with E-state index in [9.17, 15) is 22.4 Å². The molecule has 0 saturated heterocycles. The van der Waals surface area contributed by atoms with Gasteiger partial charge in [0.05, 0.1) is 27.9 Å². The quantitative estimate of drug-likeness (QED) is 0.514. The first-order valence-electron chi connectivity index (χ1n) is 8.71. The maximum Gasteiger partial charge on any atom is 0.392 e. The van der Waals surface area contributed by atoms with Gasteiger partial charge in [-0.25, -0.2) is 4.39 Å². The van der Waals surface area contributed by atoms with Crippen LogP contribution in [0.1, 0.15) is 22.5 Å². The Morgan fingerprint density at radius 3 is 2.69 bits per heavy atom. The molecule has 1 aliphatic rings. The Hall–Kier alpha value is -2.87. The Bertz CT molecular complexity index is 1090. The number of benzene rings is 1. The molecule has 0 amide bonds. The van der Waals surface area contributed by atoms with Crippen molar-refractivity contribution in [2.24, 2.45) is 5.92 Å². The number of nitrogens with one attached hydrogen (secondary N) is 2. The third-order valence-electron chi connectivity index (χ3n) is 4.84. The van der Waals surface area contributed by atoms with Gasteiger partial charge in [0.2, 0.25) is 0 Å². The van der Waals surface area contributed by atoms with E-state index in [1.807, 2.05) is 0 Å². The van der Waals surface area contributed by atoms with Crippen LogP contribution in [0.15, 0.2) is 42.7 Å². The van der Waals surface area contributed by atoms with E-state index in [0.29, 0.717) is 16.9 Å². The number of carbonyl (C=O) groups excluding carboxylic acids is 1. The number of nitrogens with zero attached hydrogens (tertiary/aromatic N) is 1. The fourth-order valence-corrected chi connectivity index (χ4v) is 3.72. The minimum Gasteiger partial charge on any atom is -0.356 e. The number of rotatable bonds is 3. The number of Topliss-reactive ketones (excluding diaryl/α,β-unsaturated/α-hetero) is 1. The molecule has 29 heavy (non-hydrogen) atoms. The summed E-state index contributed by atoms with van der Waals surface area (Å²) in [5.41, 5.74) is 1.74. The van der Waals surface area contributed by atoms with Gasteiger partial charge in [-0.15, -0.1) is 0 Å². The Morgan fingerprint density at radius 1 is 1.21 bits per heavy atom. The first-order chi connectivity index (χ1) is 13.7. The van der Waals surface area contributed by atoms with Crippen molar-refractivity contribution in [1.82, 2.24) is 9.97 Å². The molecule has 9 heteroatoms. The predicted octanol–water partition coefficient (Wildman–Crippen LogP) is 5.92. The van der Waals surface area contributed by atoms with Crippen molar-refractivity contribution in [1.29, 1.82) is 0 Å². The van der Waals surface area contributed by atoms with E-state index in [1.54, 1.807) is 12.1 Å². The summed E-state index contributed by atoms with van der Waals surface area (Å²) in [7, 11) is 0. The lowest BCUT2D eigenvalue weighted by Crippen LogP contribution is -2.31. The summed E-state index contributed by atoms with van der Waals surface area (Å²) < 4.78 is 53.3. The standard InChI is InChI=1S/C20H14ClF4N3O/c21-14-9-26-5-4-13(14)18-19(27-12-3-1-2-11(22)8-12)17-15(28-18)6-10(7-16(17)29)20(23,24)25/h1-5,8-10,27-28H,6-7H2. The molecule has 0 bridgehead atoms. The second-order valence-electron chi connectivity index (χ2n) is 6.79. The van der Waals surface area contributed by atoms with Gasteiger partial charge in [0.25, 0.3) is 0 Å². The lowest BCUT2D eigenvalue weighted by molar-refractivity contribution is -0.174. The Labute approximate surface area is 167 Å². The van der Waals surface area contributed by atoms with Crippen molar-refractivity contribution in [3.63, 3.8) is 0 Å². The molecule has 0 spiro atoms. The normalized spacial score (nSPS) is 16.6. The number of aromatic nitrogens is 2. The van der Waals surface area contributed by atoms with Gasteiger partial charge in [0.1, 0.15) is 5.82 Å². The van der Waals surface area contributed by atoms with Gasteiger partial charge in [0, 0.05) is 42.2 Å². The second kappa shape index (κ2) is 7.18. The lowest BCUT2D eigenvalue weighted by atomic mass is 9.86. The van der Waals surface area contributed by atoms with Gasteiger partial charge in [-0.3, -0.25) is 9.78 Å². The molecule has 0 fully saturated rings. The SMILES string of the molecule is O=C1CC(C(F)(F)F)Cc2[nH]c(-c3ccncc3Cl)c(Nc3cccc(F)c3)c21. The lowest BCUT2D eigenvalue weighted by Gasteiger charge is -2.24. The van der Waals surface area contributed by atoms with Crippen LogP contribution in [0.25, 0.3) is 11.3 Å². The van der Waals surface area contributed by atoms with Crippen molar-refractivity contribution in [2.75, 3.05) is 5.32 Å². The van der Waals surface area contributed by atoms with Gasteiger partial charge >= 0.3 is 6.18 Å². The van der Waals surface area contributed by atoms with E-state index in [1.165, 1.54) is 30.6 Å². The molecule has 0 aliphatic heterocycles. The van der Waals surface area contributed by atoms with Crippen LogP contribution in [0.4, 0.5) is 28.9 Å². The number of carbonyl (C=O) groups is 1. The summed E-state index contributed by atoms with van der Waals surface area (Å²) in [5, 5.41) is 3.24. The minimum atomic E-state index is -4.48. The largest absolute Gasteiger partial charge is 0.392 e. The van der Waals surface area contributed by atoms with Crippen molar-refractivity contribution in [3.05, 3.63) is 64.8 Å². The zero-order chi connectivity index (χ0) is 20.8. The molecule has 4 nitrogen and oxygen atoms in total. The summed E-state index contributed by atoms with van der Waals surface area (Å²) in [5.74, 6) is -2.89. The van der Waals surface area contributed by atoms with E-state index < -0.39 is 30.1 Å². The van der Waals surface area contributed by atoms with Crippen LogP contribution < -0.4 is 5.32 Å². The second-order valence-corrected chi connectivity index (χ2v) is 7.20. The smallest absolute Gasteiger partial charge is 0.356 e. The van der Waals surface area contributed by atoms with Crippen LogP contribution in [-0.4, -0.2) is 21.9 Å². The molecule has 4 rings (SSSR count). The van der Waals surface area contributed by atoms with Crippen molar-refractivity contribution >= 4 is 28.8 Å². The molecule has 1 atom stereocenters. The Morgan fingerprint density at radius 2 is 2.00 bits per heavy atom. The Kier molecular flexibility index (Phi) is 4.82. The van der Waals surface area contributed by atoms with E-state index in [-0.39, 0.29) is 28.4 Å². The zero-order valence-electron chi connectivity index (χ0n) is 14.8. The van der Waals surface area contributed by atoms with Gasteiger partial charge in [0.15, 0.2) is 5.78 Å². The van der Waals surface area contributed by atoms with E-state index in [0.717, 1.165) is 0 Å². The number of fused-ring (bicyclic) bond motifs is 1. The summed E-state index contributed by atoms with van der Waals surface area (Å²) in [6.07, 6.45) is -2.61. The number of halogens is 5. The molecule has 2 heterocycles. The number of hydrogen-bond acceptors (Lipinski definition) is 3. The van der Waals surface area contributed by atoms with E-state index in [2.05, 4.69) is 15.3 Å². The van der Waals surface area contributed by atoms with Crippen LogP contribution in [0, 0.1) is 11.7 Å². The van der Waals surface area contributed by atoms with Crippen molar-refractivity contribution in [3.8, 4) is 11.3 Å². The first-order valence-corrected chi connectivity index (χ1v) is 9.09. The average molecular weight is 424 g/mol. The predicted molar refractivity (Wildman–Crippen MR) is 101 cm³/mol. The number of alkyl halides is 3. The zero-order valence-corrected chi connectivity index (χ0v) is 15.5. The van der Waals surface area contributed by atoms with Gasteiger partial charge < -0.3 is 10.3 Å². The monoisotopic (exact) mass is 423 g/mol. The van der Waals surface area contributed by atoms with Crippen molar-refractivity contribution in [2.45, 2.75) is 19.0 Å². The third-order valence-corrected chi connectivity index (χ3v) is 5.14. The highest BCUT2D eigenvalue weighted by Crippen LogP contribution is 2.44. The average Bonchev–Trinajstić information content (AvgIpc) is 3.00. The molecule has 0 saturated carbocycles. The number of aromatic amines is 1. The minimum absolute atomic E-state index is 0.137. The van der Waals surface area contributed by atoms with Crippen LogP contribution in [0.5, 0.6) is 0 Å². The van der Waals surface area contributed by atoms with Crippen LogP contribution >= 0.6 is 11.6 Å². The molecule has 1 aliphatic carbocycles. The maximum atomic E-state index is 13.6. The summed E-state index contributed by atoms with van der Waals surface area (Å²) in [6.45, 7) is 0. The summed E-state index contributed by atoms with van der Waals surface area (Å²) in [4.78, 5) is 19.5. The van der Waals surface area contributed by atoms with Crippen LogP contribution in [-0.2, 0) is 6.42 Å². The molecular formula is C20H14ClF4N3O. The molecule has 150 valence electrons. The fourth-order valence-electron chi connectivity index (χ4n) is 3.50. The molecule has 2 aromatic heterocycles. The maximum absolute atomic E-state index is 13.6. The number of pyridine rings is 1. The molecule has 3 aromatic rings. The topological polar surface area (TPSA) is 57.8 Å². The van der Waals surface area contributed by atoms with E-state index >= 15 is 0 Å². The summed E-state index contributed by atoms with van der Waals surface area (Å²) in [6, 6.07) is 7.15. The first kappa shape index (κ1) is 19.4. The third kappa shape index (κ3) is 3.72. The molecule has 1 unspecified atom stereocenters. The number of ketones is 1. The fraction of sp³-hybridized carbons (Fsp3) is 0.200. The van der Waals surface area contributed by atoms with E-state index in [4.69, 9.17) is 11.6 Å². The molecule has 2 N–H and O–H groups in total. The highest BCUT2D eigenvalue weighted by molar-refractivity contribution is 6.33.